The molecule has 0 saturated carbocycles. The molecular weight excluding hydrogens is 412 g/mol. The van der Waals surface area contributed by atoms with Crippen molar-refractivity contribution >= 4 is 23.9 Å². The molecule has 0 saturated heterocycles. The first-order chi connectivity index (χ1) is 15.1. The molecule has 8 heteroatoms. The second-order valence-electron chi connectivity index (χ2n) is 7.02. The number of hydrogen-bond acceptors (Lipinski definition) is 7. The monoisotopic (exact) mass is 434 g/mol. The molecule has 0 bridgehead atoms. The lowest BCUT2D eigenvalue weighted by Crippen LogP contribution is -2.17. The van der Waals surface area contributed by atoms with Gasteiger partial charge >= 0.3 is 0 Å². The Morgan fingerprint density at radius 3 is 2.48 bits per heavy atom. The molecule has 1 aliphatic rings. The molecule has 2 aromatic carbocycles. The number of amides is 1. The van der Waals surface area contributed by atoms with Crippen LogP contribution in [0.2, 0.25) is 0 Å². The van der Waals surface area contributed by atoms with Crippen molar-refractivity contribution in [2.45, 2.75) is 24.8 Å². The van der Waals surface area contributed by atoms with Gasteiger partial charge in [0.2, 0.25) is 0 Å². The molecule has 0 spiro atoms. The van der Waals surface area contributed by atoms with Crippen molar-refractivity contribution in [3.05, 3.63) is 76.6 Å². The molecule has 31 heavy (non-hydrogen) atoms. The van der Waals surface area contributed by atoms with Crippen LogP contribution in [0, 0.1) is 13.8 Å². The van der Waals surface area contributed by atoms with Crippen molar-refractivity contribution in [3.8, 4) is 11.5 Å². The van der Waals surface area contributed by atoms with Crippen molar-refractivity contribution in [2.75, 3.05) is 13.2 Å². The lowest BCUT2D eigenvalue weighted by molar-refractivity contribution is 0.0955. The quantitative estimate of drug-likeness (QED) is 0.274. The molecule has 7 nitrogen and oxygen atoms in total. The van der Waals surface area contributed by atoms with Crippen molar-refractivity contribution in [1.29, 1.82) is 0 Å². The summed E-state index contributed by atoms with van der Waals surface area (Å²) < 4.78 is 11.0. The minimum absolute atomic E-state index is 0.273. The number of ether oxygens (including phenoxy) is 2. The first kappa shape index (κ1) is 20.9. The van der Waals surface area contributed by atoms with Gasteiger partial charge in [-0.15, -0.1) is 0 Å². The number of hydrazone groups is 1. The number of nitrogens with zero attached hydrogens (tertiary/aromatic N) is 3. The SMILES string of the molecule is Cc1cc(C)nc(SCc2ccc(C(=O)N/N=C/c3ccc4c(c3)OCCO4)cc2)n1. The second-order valence-corrected chi connectivity index (χ2v) is 7.96. The molecule has 2 heterocycles. The van der Waals surface area contributed by atoms with Gasteiger partial charge in [0, 0.05) is 22.7 Å². The van der Waals surface area contributed by atoms with E-state index in [1.807, 2.05) is 50.2 Å². The number of aryl methyl sites for hydroxylation is 2. The summed E-state index contributed by atoms with van der Waals surface area (Å²) in [6.07, 6.45) is 1.57. The Kier molecular flexibility index (Phi) is 6.47. The average molecular weight is 435 g/mol. The number of thioether (sulfide) groups is 1. The standard InChI is InChI=1S/C23H22N4O3S/c1-15-11-16(2)26-23(25-15)31-14-17-3-6-19(7-4-17)22(28)27-24-13-18-5-8-20-21(12-18)30-10-9-29-20/h3-8,11-13H,9-10,14H2,1-2H3,(H,27,28)/b24-13+. The van der Waals surface area contributed by atoms with Crippen LogP contribution in [0.25, 0.3) is 0 Å². The zero-order valence-electron chi connectivity index (χ0n) is 17.3. The van der Waals surface area contributed by atoms with Gasteiger partial charge in [0.05, 0.1) is 6.21 Å². The molecular formula is C23H22N4O3S. The highest BCUT2D eigenvalue weighted by molar-refractivity contribution is 7.98. The minimum Gasteiger partial charge on any atom is -0.486 e. The van der Waals surface area contributed by atoms with E-state index in [9.17, 15) is 4.79 Å². The van der Waals surface area contributed by atoms with E-state index in [0.717, 1.165) is 39.2 Å². The van der Waals surface area contributed by atoms with E-state index < -0.39 is 0 Å². The third kappa shape index (κ3) is 5.61. The molecule has 0 aliphatic carbocycles. The summed E-state index contributed by atoms with van der Waals surface area (Å²) in [6.45, 7) is 4.99. The molecule has 1 N–H and O–H groups in total. The van der Waals surface area contributed by atoms with Crippen LogP contribution in [-0.4, -0.2) is 35.3 Å². The lowest BCUT2D eigenvalue weighted by Gasteiger charge is -2.18. The Morgan fingerprint density at radius 1 is 1.03 bits per heavy atom. The Bertz CT molecular complexity index is 1100. The molecule has 4 rings (SSSR count). The Morgan fingerprint density at radius 2 is 1.74 bits per heavy atom. The molecule has 0 fully saturated rings. The predicted octanol–water partition coefficient (Wildman–Crippen LogP) is 3.92. The fraction of sp³-hybridized carbons (Fsp3) is 0.217. The van der Waals surface area contributed by atoms with Gasteiger partial charge in [-0.05, 0) is 61.4 Å². The molecule has 3 aromatic rings. The Balaban J connectivity index is 1.31. The van der Waals surface area contributed by atoms with E-state index in [4.69, 9.17) is 9.47 Å². The summed E-state index contributed by atoms with van der Waals surface area (Å²) in [5.74, 6) is 1.86. The van der Waals surface area contributed by atoms with Crippen molar-refractivity contribution in [1.82, 2.24) is 15.4 Å². The highest BCUT2D eigenvalue weighted by Crippen LogP contribution is 2.30. The van der Waals surface area contributed by atoms with Crippen LogP contribution in [0.4, 0.5) is 0 Å². The third-order valence-corrected chi connectivity index (χ3v) is 5.41. The fourth-order valence-electron chi connectivity index (χ4n) is 3.03. The summed E-state index contributed by atoms with van der Waals surface area (Å²) in [5, 5.41) is 4.80. The summed E-state index contributed by atoms with van der Waals surface area (Å²) in [6, 6.07) is 14.9. The molecule has 0 atom stereocenters. The first-order valence-corrected chi connectivity index (χ1v) is 10.8. The summed E-state index contributed by atoms with van der Waals surface area (Å²) in [5.41, 5.74) is 6.90. The summed E-state index contributed by atoms with van der Waals surface area (Å²) in [7, 11) is 0. The largest absolute Gasteiger partial charge is 0.486 e. The van der Waals surface area contributed by atoms with E-state index in [2.05, 4.69) is 20.5 Å². The number of rotatable bonds is 6. The van der Waals surface area contributed by atoms with E-state index >= 15 is 0 Å². The van der Waals surface area contributed by atoms with Crippen molar-refractivity contribution in [3.63, 3.8) is 0 Å². The van der Waals surface area contributed by atoms with E-state index in [1.54, 1.807) is 30.1 Å². The fourth-order valence-corrected chi connectivity index (χ4v) is 3.93. The maximum Gasteiger partial charge on any atom is 0.271 e. The number of aromatic nitrogens is 2. The number of carbonyl (C=O) groups excluding carboxylic acids is 1. The van der Waals surface area contributed by atoms with Crippen LogP contribution in [-0.2, 0) is 5.75 Å². The van der Waals surface area contributed by atoms with E-state index in [0.29, 0.717) is 24.5 Å². The van der Waals surface area contributed by atoms with E-state index in [-0.39, 0.29) is 5.91 Å². The van der Waals surface area contributed by atoms with Gasteiger partial charge in [-0.1, -0.05) is 23.9 Å². The number of fused-ring (bicyclic) bond motifs is 1. The molecule has 1 aromatic heterocycles. The molecule has 0 radical (unpaired) electrons. The number of hydrogen-bond donors (Lipinski definition) is 1. The number of carbonyl (C=O) groups is 1. The zero-order chi connectivity index (χ0) is 21.6. The number of benzene rings is 2. The molecule has 158 valence electrons. The smallest absolute Gasteiger partial charge is 0.271 e. The lowest BCUT2D eigenvalue weighted by atomic mass is 10.1. The van der Waals surface area contributed by atoms with Crippen LogP contribution >= 0.6 is 11.8 Å². The topological polar surface area (TPSA) is 85.7 Å². The van der Waals surface area contributed by atoms with Crippen LogP contribution in [0.3, 0.4) is 0 Å². The van der Waals surface area contributed by atoms with Crippen LogP contribution < -0.4 is 14.9 Å². The maximum atomic E-state index is 12.3. The summed E-state index contributed by atoms with van der Waals surface area (Å²) in [4.78, 5) is 21.2. The van der Waals surface area contributed by atoms with Gasteiger partial charge in [0.1, 0.15) is 13.2 Å². The highest BCUT2D eigenvalue weighted by atomic mass is 32.2. The Labute approximate surface area is 184 Å². The normalized spacial score (nSPS) is 12.7. The predicted molar refractivity (Wildman–Crippen MR) is 120 cm³/mol. The maximum absolute atomic E-state index is 12.3. The number of nitrogens with one attached hydrogen (secondary N) is 1. The van der Waals surface area contributed by atoms with Crippen molar-refractivity contribution in [2.24, 2.45) is 5.10 Å². The highest BCUT2D eigenvalue weighted by Gasteiger charge is 2.11. The van der Waals surface area contributed by atoms with Gasteiger partial charge in [-0.2, -0.15) is 5.10 Å². The molecule has 0 unspecified atom stereocenters. The third-order valence-electron chi connectivity index (χ3n) is 4.49. The molecule has 1 amide bonds. The van der Waals surface area contributed by atoms with Crippen LogP contribution in [0.1, 0.15) is 32.9 Å². The second kappa shape index (κ2) is 9.61. The van der Waals surface area contributed by atoms with Crippen molar-refractivity contribution < 1.29 is 14.3 Å². The Hall–Kier alpha value is -3.39. The van der Waals surface area contributed by atoms with Gasteiger partial charge in [0.15, 0.2) is 16.7 Å². The van der Waals surface area contributed by atoms with Gasteiger partial charge < -0.3 is 9.47 Å². The van der Waals surface area contributed by atoms with Crippen LogP contribution in [0.5, 0.6) is 11.5 Å². The average Bonchev–Trinajstić information content (AvgIpc) is 2.77. The van der Waals surface area contributed by atoms with Crippen LogP contribution in [0.15, 0.2) is 58.8 Å². The van der Waals surface area contributed by atoms with Gasteiger partial charge in [-0.25, -0.2) is 15.4 Å². The van der Waals surface area contributed by atoms with Gasteiger partial charge in [0.25, 0.3) is 5.91 Å². The van der Waals surface area contributed by atoms with E-state index in [1.165, 1.54) is 0 Å². The van der Waals surface area contributed by atoms with Gasteiger partial charge in [-0.3, -0.25) is 4.79 Å². The summed E-state index contributed by atoms with van der Waals surface area (Å²) >= 11 is 1.57. The minimum atomic E-state index is -0.273. The zero-order valence-corrected chi connectivity index (χ0v) is 18.1. The first-order valence-electron chi connectivity index (χ1n) is 9.84. The molecule has 1 aliphatic heterocycles.